The molecule has 10 heteroatoms. The molecule has 0 amide bonds. The van der Waals surface area contributed by atoms with Gasteiger partial charge in [0.1, 0.15) is 0 Å². The van der Waals surface area contributed by atoms with Gasteiger partial charge in [-0.15, -0.1) is 5.92 Å². The van der Waals surface area contributed by atoms with Gasteiger partial charge in [-0.05, 0) is 13.3 Å². The average molecular weight is 510 g/mol. The van der Waals surface area contributed by atoms with Crippen molar-refractivity contribution in [1.29, 1.82) is 0 Å². The van der Waals surface area contributed by atoms with E-state index < -0.39 is 0 Å². The van der Waals surface area contributed by atoms with Gasteiger partial charge in [0, 0.05) is 45.4 Å². The molecule has 0 bridgehead atoms. The predicted octanol–water partition coefficient (Wildman–Crippen LogP) is 2.99. The Morgan fingerprint density at radius 2 is 1.17 bits per heavy atom. The molecular weight excluding hydrogens is 486 g/mol. The maximum atomic E-state index is 7.50. The molecule has 1 aliphatic heterocycles. The van der Waals surface area contributed by atoms with Gasteiger partial charge in [-0.1, -0.05) is 33.1 Å². The third-order valence-corrected chi connectivity index (χ3v) is 2.67. The Kier molecular flexibility index (Phi) is 87.6. The molecule has 1 rings (SSSR count). The molecule has 1 heterocycles. The second kappa shape index (κ2) is 51.0. The Morgan fingerprint density at radius 3 is 1.47 bits per heavy atom. The topological polar surface area (TPSA) is 138 Å². The van der Waals surface area contributed by atoms with Crippen molar-refractivity contribution in [2.24, 2.45) is 11.3 Å². The standard InChI is InChI=1S/C14H24O2.6CO.2Co/c1-5-6-7-8-9-12(2)13-15-10-14(3,4)11-16-13;6*1-2;;/h12-13H,5-7,10-11H2,1-4H3;;;;;;;;/t12-;;;;;;;;/m1......../s1. The summed E-state index contributed by atoms with van der Waals surface area (Å²) in [5.41, 5.74) is 0.145. The number of hydrogen-bond acceptors (Lipinski definition) is 2. The molecule has 1 fully saturated rings. The molecule has 0 N–H and O–H groups in total. The van der Waals surface area contributed by atoms with E-state index in [1.807, 2.05) is 0 Å². The normalized spacial score (nSPS) is 12.3. The van der Waals surface area contributed by atoms with Gasteiger partial charge < -0.3 is 9.47 Å². The van der Waals surface area contributed by atoms with Crippen LogP contribution in [0.2, 0.25) is 0 Å². The van der Waals surface area contributed by atoms with E-state index in [9.17, 15) is 0 Å². The van der Waals surface area contributed by atoms with E-state index in [0.29, 0.717) is 0 Å². The molecule has 30 heavy (non-hydrogen) atoms. The van der Waals surface area contributed by atoms with Crippen LogP contribution >= 0.6 is 0 Å². The van der Waals surface area contributed by atoms with Crippen molar-refractivity contribution in [1.82, 2.24) is 0 Å². The molecule has 0 aromatic carbocycles. The van der Waals surface area contributed by atoms with Crippen molar-refractivity contribution < 1.29 is 70.9 Å². The van der Waals surface area contributed by atoms with Crippen LogP contribution in [-0.4, -0.2) is 19.5 Å². The van der Waals surface area contributed by atoms with Crippen molar-refractivity contribution in [3.8, 4) is 11.8 Å². The van der Waals surface area contributed by atoms with Crippen LogP contribution in [0.4, 0.5) is 0 Å². The second-order valence-electron chi connectivity index (χ2n) is 5.37. The summed E-state index contributed by atoms with van der Waals surface area (Å²) in [7, 11) is 0. The third-order valence-electron chi connectivity index (χ3n) is 2.67. The summed E-state index contributed by atoms with van der Waals surface area (Å²) in [6.45, 7) is 37.1. The molecule has 8 nitrogen and oxygen atoms in total. The number of hydrogen-bond donors (Lipinski definition) is 0. The first-order valence-electron chi connectivity index (χ1n) is 7.49. The predicted molar refractivity (Wildman–Crippen MR) is 89.5 cm³/mol. The van der Waals surface area contributed by atoms with E-state index >= 15 is 0 Å². The average Bonchev–Trinajstić information content (AvgIpc) is 2.79. The molecule has 0 aliphatic carbocycles. The zero-order valence-electron chi connectivity index (χ0n) is 17.1. The van der Waals surface area contributed by atoms with Crippen LogP contribution in [0.15, 0.2) is 0 Å². The van der Waals surface area contributed by atoms with Crippen molar-refractivity contribution >= 4 is 0 Å². The van der Waals surface area contributed by atoms with E-state index in [4.69, 9.17) is 37.4 Å². The van der Waals surface area contributed by atoms with Crippen molar-refractivity contribution in [3.05, 3.63) is 39.9 Å². The SMILES string of the molecule is CCCCC#C[C@@H](C)C1OCC(C)(C)CO1.[C-]#[O+].[C-]#[O+].[C-]#[O+].[C-]#[O+].[C-]#[O+].[C-]#[O+].[Co].[Co]. The first-order valence-corrected chi connectivity index (χ1v) is 7.49. The summed E-state index contributed by atoms with van der Waals surface area (Å²) < 4.78 is 56.4. The fourth-order valence-corrected chi connectivity index (χ4v) is 1.56. The minimum absolute atomic E-state index is 0. The molecule has 1 aliphatic rings. The Hall–Kier alpha value is -1.07. The Labute approximate surface area is 200 Å². The van der Waals surface area contributed by atoms with Gasteiger partial charge in [0.05, 0.1) is 19.1 Å². The van der Waals surface area contributed by atoms with Crippen molar-refractivity contribution in [3.63, 3.8) is 0 Å². The molecule has 0 spiro atoms. The van der Waals surface area contributed by atoms with Crippen molar-refractivity contribution in [2.75, 3.05) is 13.2 Å². The van der Waals surface area contributed by atoms with Gasteiger partial charge >= 0.3 is 67.8 Å². The fourth-order valence-electron chi connectivity index (χ4n) is 1.56. The number of ether oxygens (including phenoxy) is 2. The Bertz CT molecular complexity index is 440. The first-order chi connectivity index (χ1) is 13.5. The monoisotopic (exact) mass is 510 g/mol. The molecule has 1 saturated heterocycles. The van der Waals surface area contributed by atoms with Crippen LogP contribution in [0.3, 0.4) is 0 Å². The van der Waals surface area contributed by atoms with E-state index in [1.165, 1.54) is 12.8 Å². The Morgan fingerprint density at radius 1 is 0.833 bits per heavy atom. The van der Waals surface area contributed by atoms with E-state index in [-0.39, 0.29) is 51.2 Å². The van der Waals surface area contributed by atoms with Crippen LogP contribution in [0.5, 0.6) is 0 Å². The molecule has 0 saturated carbocycles. The third kappa shape index (κ3) is 41.3. The Balaban J connectivity index is -0.0000000498. The van der Waals surface area contributed by atoms with Crippen LogP contribution < -0.4 is 0 Å². The van der Waals surface area contributed by atoms with Gasteiger partial charge in [0.25, 0.3) is 0 Å². The summed E-state index contributed by atoms with van der Waals surface area (Å²) in [4.78, 5) is 0. The first kappa shape index (κ1) is 51.5. The van der Waals surface area contributed by atoms with Gasteiger partial charge in [-0.25, -0.2) is 0 Å². The minimum Gasteiger partial charge on any atom is 0 e. The molecule has 170 valence electrons. The summed E-state index contributed by atoms with van der Waals surface area (Å²) in [5, 5.41) is 0. The van der Waals surface area contributed by atoms with Gasteiger partial charge in [0.15, 0.2) is 6.29 Å². The summed E-state index contributed by atoms with van der Waals surface area (Å²) in [6.07, 6.45) is 3.23. The maximum Gasteiger partial charge on any atom is 0 e. The van der Waals surface area contributed by atoms with Crippen LogP contribution in [0, 0.1) is 63.1 Å². The van der Waals surface area contributed by atoms with Gasteiger partial charge in [-0.2, -0.15) is 0 Å². The maximum absolute atomic E-state index is 7.50. The van der Waals surface area contributed by atoms with Crippen LogP contribution in [0.1, 0.15) is 47.0 Å². The molecule has 0 aromatic heterocycles. The fraction of sp³-hybridized carbons (Fsp3) is 0.600. The van der Waals surface area contributed by atoms with Gasteiger partial charge in [0.2, 0.25) is 0 Å². The number of unbranched alkanes of at least 4 members (excludes halogenated alkanes) is 2. The minimum atomic E-state index is -0.137. The molecular formula is C20H24Co2O8. The molecule has 2 radical (unpaired) electrons. The van der Waals surface area contributed by atoms with Crippen LogP contribution in [0.25, 0.3) is 0 Å². The summed E-state index contributed by atoms with van der Waals surface area (Å²) in [5.74, 6) is 6.58. The summed E-state index contributed by atoms with van der Waals surface area (Å²) in [6, 6.07) is 0. The smallest absolute Gasteiger partial charge is 0 e. The second-order valence-corrected chi connectivity index (χ2v) is 5.37. The molecule has 0 unspecified atom stereocenters. The zero-order valence-corrected chi connectivity index (χ0v) is 19.2. The molecule has 0 aromatic rings. The number of rotatable bonds is 3. The van der Waals surface area contributed by atoms with E-state index in [0.717, 1.165) is 19.6 Å². The quantitative estimate of drug-likeness (QED) is 0.250. The van der Waals surface area contributed by atoms with Crippen LogP contribution in [-0.2, 0) is 70.9 Å². The van der Waals surface area contributed by atoms with E-state index in [2.05, 4.69) is 79.4 Å². The summed E-state index contributed by atoms with van der Waals surface area (Å²) >= 11 is 0. The zero-order chi connectivity index (χ0) is 24.0. The van der Waals surface area contributed by atoms with E-state index in [1.54, 1.807) is 0 Å². The largest absolute Gasteiger partial charge is 0 e. The van der Waals surface area contributed by atoms with Gasteiger partial charge in [-0.3, -0.25) is 0 Å². The van der Waals surface area contributed by atoms with Crippen molar-refractivity contribution in [2.45, 2.75) is 53.2 Å². The molecule has 1 atom stereocenters.